The Bertz CT molecular complexity index is 559. The van der Waals surface area contributed by atoms with Crippen molar-refractivity contribution in [3.63, 3.8) is 0 Å². The van der Waals surface area contributed by atoms with Gasteiger partial charge in [0.1, 0.15) is 0 Å². The topological polar surface area (TPSA) is 26.0 Å². The standard InChI is InChI=1S/C18H23N/c1-12(2)15-6-5-7-16(10-15)17-8-13(3)18(11-19)14(4)9-17/h5-10,12H,11,19H2,1-4H3. The lowest BCUT2D eigenvalue weighted by molar-refractivity contribution is 0.867. The van der Waals surface area contributed by atoms with Crippen molar-refractivity contribution in [3.05, 3.63) is 58.7 Å². The van der Waals surface area contributed by atoms with Gasteiger partial charge in [0, 0.05) is 6.54 Å². The summed E-state index contributed by atoms with van der Waals surface area (Å²) in [5.74, 6) is 0.561. The third-order valence-corrected chi connectivity index (χ3v) is 3.79. The molecule has 0 aliphatic carbocycles. The molecular weight excluding hydrogens is 230 g/mol. The minimum Gasteiger partial charge on any atom is -0.326 e. The highest BCUT2D eigenvalue weighted by atomic mass is 14.5. The van der Waals surface area contributed by atoms with Crippen LogP contribution in [-0.4, -0.2) is 0 Å². The highest BCUT2D eigenvalue weighted by molar-refractivity contribution is 5.67. The van der Waals surface area contributed by atoms with Gasteiger partial charge in [-0.3, -0.25) is 0 Å². The third kappa shape index (κ3) is 2.87. The lowest BCUT2D eigenvalue weighted by atomic mass is 9.93. The van der Waals surface area contributed by atoms with E-state index in [1.807, 2.05) is 0 Å². The Balaban J connectivity index is 2.50. The molecule has 0 atom stereocenters. The summed E-state index contributed by atoms with van der Waals surface area (Å²) in [6.45, 7) is 9.36. The van der Waals surface area contributed by atoms with Crippen LogP contribution >= 0.6 is 0 Å². The zero-order valence-electron chi connectivity index (χ0n) is 12.3. The molecule has 2 rings (SSSR count). The van der Waals surface area contributed by atoms with Crippen molar-refractivity contribution in [2.75, 3.05) is 0 Å². The van der Waals surface area contributed by atoms with Gasteiger partial charge in [-0.15, -0.1) is 0 Å². The Hall–Kier alpha value is -1.60. The van der Waals surface area contributed by atoms with Crippen molar-refractivity contribution < 1.29 is 0 Å². The predicted octanol–water partition coefficient (Wildman–Crippen LogP) is 4.55. The molecule has 2 N–H and O–H groups in total. The molecule has 0 spiro atoms. The predicted molar refractivity (Wildman–Crippen MR) is 83.3 cm³/mol. The third-order valence-electron chi connectivity index (χ3n) is 3.79. The van der Waals surface area contributed by atoms with Crippen molar-refractivity contribution in [1.82, 2.24) is 0 Å². The van der Waals surface area contributed by atoms with Crippen molar-refractivity contribution in [1.29, 1.82) is 0 Å². The van der Waals surface area contributed by atoms with E-state index in [1.54, 1.807) is 0 Å². The summed E-state index contributed by atoms with van der Waals surface area (Å²) < 4.78 is 0. The van der Waals surface area contributed by atoms with Gasteiger partial charge in [0.25, 0.3) is 0 Å². The largest absolute Gasteiger partial charge is 0.326 e. The maximum atomic E-state index is 5.80. The van der Waals surface area contributed by atoms with Crippen LogP contribution in [0.15, 0.2) is 36.4 Å². The van der Waals surface area contributed by atoms with Gasteiger partial charge in [-0.05, 0) is 53.1 Å². The molecule has 0 unspecified atom stereocenters. The number of nitrogens with two attached hydrogens (primary N) is 1. The first kappa shape index (κ1) is 13.8. The summed E-state index contributed by atoms with van der Waals surface area (Å²) in [5, 5.41) is 0. The Labute approximate surface area is 116 Å². The monoisotopic (exact) mass is 253 g/mol. The van der Waals surface area contributed by atoms with Crippen molar-refractivity contribution in [2.45, 2.75) is 40.2 Å². The number of aryl methyl sites for hydroxylation is 2. The second kappa shape index (κ2) is 5.58. The van der Waals surface area contributed by atoms with Crippen LogP contribution in [0.3, 0.4) is 0 Å². The summed E-state index contributed by atoms with van der Waals surface area (Å²) in [4.78, 5) is 0. The maximum Gasteiger partial charge on any atom is 0.0183 e. The Morgan fingerprint density at radius 1 is 0.947 bits per heavy atom. The molecule has 2 aromatic rings. The molecule has 0 bridgehead atoms. The molecule has 0 fully saturated rings. The molecule has 0 aromatic heterocycles. The smallest absolute Gasteiger partial charge is 0.0183 e. The van der Waals surface area contributed by atoms with Gasteiger partial charge in [-0.2, -0.15) is 0 Å². The average molecular weight is 253 g/mol. The van der Waals surface area contributed by atoms with Gasteiger partial charge < -0.3 is 5.73 Å². The molecule has 0 radical (unpaired) electrons. The molecule has 0 saturated carbocycles. The zero-order chi connectivity index (χ0) is 14.0. The van der Waals surface area contributed by atoms with Crippen LogP contribution in [0.4, 0.5) is 0 Å². The highest BCUT2D eigenvalue weighted by Gasteiger charge is 2.07. The molecule has 19 heavy (non-hydrogen) atoms. The van der Waals surface area contributed by atoms with Crippen LogP contribution in [0.5, 0.6) is 0 Å². The number of hydrogen-bond donors (Lipinski definition) is 1. The summed E-state index contributed by atoms with van der Waals surface area (Å²) in [6, 6.07) is 13.3. The lowest BCUT2D eigenvalue weighted by Gasteiger charge is -2.13. The number of benzene rings is 2. The van der Waals surface area contributed by atoms with Crippen LogP contribution in [0.25, 0.3) is 11.1 Å². The molecule has 100 valence electrons. The van der Waals surface area contributed by atoms with E-state index in [0.717, 1.165) is 0 Å². The SMILES string of the molecule is Cc1cc(-c2cccc(C(C)C)c2)cc(C)c1CN. The first-order valence-corrected chi connectivity index (χ1v) is 6.93. The van der Waals surface area contributed by atoms with Crippen molar-refractivity contribution in [2.24, 2.45) is 5.73 Å². The number of rotatable bonds is 3. The Kier molecular flexibility index (Phi) is 4.06. The second-order valence-electron chi connectivity index (χ2n) is 5.57. The van der Waals surface area contributed by atoms with Crippen LogP contribution in [0, 0.1) is 13.8 Å². The number of hydrogen-bond acceptors (Lipinski definition) is 1. The van der Waals surface area contributed by atoms with Crippen LogP contribution in [-0.2, 0) is 6.54 Å². The molecule has 1 heteroatoms. The minimum atomic E-state index is 0.561. The molecule has 0 aliphatic heterocycles. The second-order valence-corrected chi connectivity index (χ2v) is 5.57. The molecule has 0 saturated heterocycles. The molecule has 0 amide bonds. The van der Waals surface area contributed by atoms with E-state index >= 15 is 0 Å². The quantitative estimate of drug-likeness (QED) is 0.853. The highest BCUT2D eigenvalue weighted by Crippen LogP contribution is 2.27. The van der Waals surface area contributed by atoms with E-state index in [-0.39, 0.29) is 0 Å². The molecule has 0 aliphatic rings. The van der Waals surface area contributed by atoms with Gasteiger partial charge in [0.2, 0.25) is 0 Å². The molecule has 0 heterocycles. The summed E-state index contributed by atoms with van der Waals surface area (Å²) in [5.41, 5.74) is 13.6. The fourth-order valence-corrected chi connectivity index (χ4v) is 2.56. The summed E-state index contributed by atoms with van der Waals surface area (Å²) in [6.07, 6.45) is 0. The molecular formula is C18H23N. The van der Waals surface area contributed by atoms with E-state index in [0.29, 0.717) is 12.5 Å². The lowest BCUT2D eigenvalue weighted by Crippen LogP contribution is -2.02. The van der Waals surface area contributed by atoms with Gasteiger partial charge in [0.05, 0.1) is 0 Å². The van der Waals surface area contributed by atoms with Gasteiger partial charge >= 0.3 is 0 Å². The van der Waals surface area contributed by atoms with Crippen LogP contribution in [0.1, 0.15) is 42.0 Å². The van der Waals surface area contributed by atoms with Gasteiger partial charge in [0.15, 0.2) is 0 Å². The Morgan fingerprint density at radius 2 is 1.58 bits per heavy atom. The molecule has 1 nitrogen and oxygen atoms in total. The van der Waals surface area contributed by atoms with Crippen LogP contribution < -0.4 is 5.73 Å². The normalized spacial score (nSPS) is 11.1. The summed E-state index contributed by atoms with van der Waals surface area (Å²) >= 11 is 0. The van der Waals surface area contributed by atoms with E-state index in [2.05, 4.69) is 64.1 Å². The summed E-state index contributed by atoms with van der Waals surface area (Å²) in [7, 11) is 0. The Morgan fingerprint density at radius 3 is 2.11 bits per heavy atom. The molecule has 2 aromatic carbocycles. The zero-order valence-corrected chi connectivity index (χ0v) is 12.3. The average Bonchev–Trinajstić information content (AvgIpc) is 2.38. The minimum absolute atomic E-state index is 0.561. The van der Waals surface area contributed by atoms with E-state index in [4.69, 9.17) is 5.73 Å². The van der Waals surface area contributed by atoms with E-state index < -0.39 is 0 Å². The van der Waals surface area contributed by atoms with E-state index in [9.17, 15) is 0 Å². The maximum absolute atomic E-state index is 5.80. The van der Waals surface area contributed by atoms with Gasteiger partial charge in [-0.1, -0.05) is 50.2 Å². The van der Waals surface area contributed by atoms with E-state index in [1.165, 1.54) is 33.4 Å². The van der Waals surface area contributed by atoms with Gasteiger partial charge in [-0.25, -0.2) is 0 Å². The first-order chi connectivity index (χ1) is 9.02. The van der Waals surface area contributed by atoms with Crippen LogP contribution in [0.2, 0.25) is 0 Å². The fraction of sp³-hybridized carbons (Fsp3) is 0.333. The van der Waals surface area contributed by atoms with Crippen molar-refractivity contribution in [3.8, 4) is 11.1 Å². The van der Waals surface area contributed by atoms with Crippen molar-refractivity contribution >= 4 is 0 Å². The fourth-order valence-electron chi connectivity index (χ4n) is 2.56. The first-order valence-electron chi connectivity index (χ1n) is 6.93.